The Balaban J connectivity index is 3.32. The van der Waals surface area contributed by atoms with Crippen LogP contribution in [0, 0.1) is 16.0 Å². The van der Waals surface area contributed by atoms with E-state index in [1.54, 1.807) is 13.0 Å². The number of nitro groups is 1. The van der Waals surface area contributed by atoms with Gasteiger partial charge >= 0.3 is 5.69 Å². The van der Waals surface area contributed by atoms with Crippen LogP contribution in [0.2, 0.25) is 0 Å². The minimum atomic E-state index is -0.823. The van der Waals surface area contributed by atoms with Gasteiger partial charge in [-0.1, -0.05) is 13.5 Å². The zero-order valence-corrected chi connectivity index (χ0v) is 16.7. The van der Waals surface area contributed by atoms with Crippen molar-refractivity contribution >= 4 is 5.69 Å². The maximum Gasteiger partial charge on any atom is 0.315 e. The van der Waals surface area contributed by atoms with Gasteiger partial charge in [0, 0.05) is 19.8 Å². The largest absolute Gasteiger partial charge is 0.496 e. The van der Waals surface area contributed by atoms with Crippen LogP contribution in [0.4, 0.5) is 5.69 Å². The van der Waals surface area contributed by atoms with Gasteiger partial charge in [-0.05, 0) is 30.9 Å². The molecule has 0 aliphatic heterocycles. The summed E-state index contributed by atoms with van der Waals surface area (Å²) in [6.07, 6.45) is -1.40. The fraction of sp³-hybridized carbons (Fsp3) is 0.579. The molecular formula is C19H29NO7. The molecular weight excluding hydrogens is 354 g/mol. The summed E-state index contributed by atoms with van der Waals surface area (Å²) in [5, 5.41) is 21.7. The predicted octanol–water partition coefficient (Wildman–Crippen LogP) is 3.28. The highest BCUT2D eigenvalue weighted by atomic mass is 16.6. The molecule has 0 saturated carbocycles. The average molecular weight is 383 g/mol. The first kappa shape index (κ1) is 22.9. The number of benzene rings is 1. The van der Waals surface area contributed by atoms with E-state index in [1.807, 2.05) is 6.92 Å². The van der Waals surface area contributed by atoms with Crippen molar-refractivity contribution in [2.75, 3.05) is 28.4 Å². The van der Waals surface area contributed by atoms with Crippen LogP contribution in [0.1, 0.15) is 31.9 Å². The van der Waals surface area contributed by atoms with Gasteiger partial charge in [0.2, 0.25) is 5.75 Å². The number of methoxy groups -OCH3 is 4. The van der Waals surface area contributed by atoms with Gasteiger partial charge in [0.15, 0.2) is 0 Å². The molecule has 0 radical (unpaired) electrons. The van der Waals surface area contributed by atoms with E-state index in [-0.39, 0.29) is 17.4 Å². The van der Waals surface area contributed by atoms with Crippen molar-refractivity contribution in [3.8, 4) is 11.5 Å². The fourth-order valence-electron chi connectivity index (χ4n) is 3.12. The van der Waals surface area contributed by atoms with Crippen LogP contribution in [0.3, 0.4) is 0 Å². The highest BCUT2D eigenvalue weighted by Gasteiger charge is 2.32. The molecule has 1 rings (SSSR count). The summed E-state index contributed by atoms with van der Waals surface area (Å²) in [6.45, 7) is 7.40. The number of nitro benzene ring substituents is 1. The highest BCUT2D eigenvalue weighted by Crippen LogP contribution is 2.43. The van der Waals surface area contributed by atoms with Gasteiger partial charge in [-0.25, -0.2) is 0 Å². The number of nitrogens with zero attached hydrogens (tertiary/aromatic N) is 1. The van der Waals surface area contributed by atoms with Gasteiger partial charge in [0.25, 0.3) is 0 Å². The third-order valence-corrected chi connectivity index (χ3v) is 4.55. The molecule has 8 nitrogen and oxygen atoms in total. The molecule has 152 valence electrons. The van der Waals surface area contributed by atoms with Crippen molar-refractivity contribution < 1.29 is 29.0 Å². The second-order valence-electron chi connectivity index (χ2n) is 6.46. The molecule has 0 saturated heterocycles. The maximum absolute atomic E-state index is 11.4. The molecule has 0 bridgehead atoms. The minimum absolute atomic E-state index is 0.119. The van der Waals surface area contributed by atoms with Crippen molar-refractivity contribution in [3.63, 3.8) is 0 Å². The lowest BCUT2D eigenvalue weighted by atomic mass is 9.88. The highest BCUT2D eigenvalue weighted by molar-refractivity contribution is 5.57. The first-order valence-electron chi connectivity index (χ1n) is 8.51. The Labute approximate surface area is 159 Å². The molecule has 1 aromatic carbocycles. The van der Waals surface area contributed by atoms with E-state index in [2.05, 4.69) is 6.58 Å². The Kier molecular flexibility index (Phi) is 8.68. The molecule has 0 aromatic heterocycles. The van der Waals surface area contributed by atoms with Crippen molar-refractivity contribution in [3.05, 3.63) is 40.0 Å². The van der Waals surface area contributed by atoms with Crippen LogP contribution in [-0.2, 0) is 9.47 Å². The number of hydrogen-bond acceptors (Lipinski definition) is 7. The Hall–Kier alpha value is -2.16. The van der Waals surface area contributed by atoms with E-state index in [1.165, 1.54) is 34.5 Å². The van der Waals surface area contributed by atoms with Gasteiger partial charge in [-0.3, -0.25) is 10.1 Å². The lowest BCUT2D eigenvalue weighted by molar-refractivity contribution is -0.385. The first-order chi connectivity index (χ1) is 12.7. The predicted molar refractivity (Wildman–Crippen MR) is 101 cm³/mol. The molecule has 1 N–H and O–H groups in total. The summed E-state index contributed by atoms with van der Waals surface area (Å²) in [5.74, 6) is 0.292. The molecule has 0 amide bonds. The lowest BCUT2D eigenvalue weighted by Gasteiger charge is -2.29. The summed E-state index contributed by atoms with van der Waals surface area (Å²) in [6, 6.07) is 2.97. The van der Waals surface area contributed by atoms with Crippen LogP contribution in [0.5, 0.6) is 11.5 Å². The Morgan fingerprint density at radius 2 is 1.85 bits per heavy atom. The Morgan fingerprint density at radius 3 is 2.26 bits per heavy atom. The monoisotopic (exact) mass is 383 g/mol. The van der Waals surface area contributed by atoms with Crippen molar-refractivity contribution in [1.82, 2.24) is 0 Å². The van der Waals surface area contributed by atoms with E-state index < -0.39 is 23.2 Å². The number of aliphatic hydroxyl groups excluding tert-OH is 1. The second kappa shape index (κ2) is 10.2. The molecule has 0 unspecified atom stereocenters. The van der Waals surface area contributed by atoms with Crippen LogP contribution in [0.25, 0.3) is 0 Å². The summed E-state index contributed by atoms with van der Waals surface area (Å²) >= 11 is 0. The number of ether oxygens (including phenoxy) is 4. The van der Waals surface area contributed by atoms with E-state index in [0.717, 1.165) is 0 Å². The molecule has 0 aliphatic carbocycles. The molecule has 1 aromatic rings. The first-order valence-corrected chi connectivity index (χ1v) is 8.51. The molecule has 0 spiro atoms. The van der Waals surface area contributed by atoms with E-state index in [0.29, 0.717) is 23.3 Å². The zero-order chi connectivity index (χ0) is 20.7. The van der Waals surface area contributed by atoms with E-state index >= 15 is 0 Å². The Bertz CT molecular complexity index is 662. The molecule has 8 heteroatoms. The maximum atomic E-state index is 11.4. The van der Waals surface area contributed by atoms with Gasteiger partial charge in [0.1, 0.15) is 11.9 Å². The van der Waals surface area contributed by atoms with Gasteiger partial charge in [0.05, 0.1) is 37.4 Å². The second-order valence-corrected chi connectivity index (χ2v) is 6.46. The van der Waals surface area contributed by atoms with Crippen LogP contribution in [-0.4, -0.2) is 50.7 Å². The standard InChI is InChI=1S/C19H29NO7/c1-11(2)17(21)16(25-5)8-12(3)18(26-6)14-9-13(24-4)10-15(20(22)23)19(14)27-7/h9-10,12,16-18,21H,1,8H2,2-7H3/t12-,16-,17+,18+/m0/s1. The molecule has 0 aliphatic rings. The van der Waals surface area contributed by atoms with Crippen molar-refractivity contribution in [2.24, 2.45) is 5.92 Å². The van der Waals surface area contributed by atoms with Gasteiger partial charge in [-0.15, -0.1) is 0 Å². The van der Waals surface area contributed by atoms with Gasteiger partial charge < -0.3 is 24.1 Å². The third kappa shape index (κ3) is 5.41. The number of hydrogen-bond donors (Lipinski definition) is 1. The Morgan fingerprint density at radius 1 is 1.22 bits per heavy atom. The third-order valence-electron chi connectivity index (χ3n) is 4.55. The summed E-state index contributed by atoms with van der Waals surface area (Å²) in [4.78, 5) is 10.9. The van der Waals surface area contributed by atoms with Crippen molar-refractivity contribution in [1.29, 1.82) is 0 Å². The average Bonchev–Trinajstić information content (AvgIpc) is 2.64. The number of aliphatic hydroxyl groups is 1. The molecule has 0 heterocycles. The SMILES string of the molecule is C=C(C)[C@@H](O)[C@H](C[C@H](C)[C@@H](OC)c1cc(OC)cc([N+](=O)[O-])c1OC)OC. The fourth-order valence-corrected chi connectivity index (χ4v) is 3.12. The molecule has 4 atom stereocenters. The summed E-state index contributed by atoms with van der Waals surface area (Å²) in [5.41, 5.74) is 0.891. The topological polar surface area (TPSA) is 100 Å². The zero-order valence-electron chi connectivity index (χ0n) is 16.7. The van der Waals surface area contributed by atoms with Gasteiger partial charge in [-0.2, -0.15) is 0 Å². The molecule has 27 heavy (non-hydrogen) atoms. The lowest BCUT2D eigenvalue weighted by Crippen LogP contribution is -2.32. The summed E-state index contributed by atoms with van der Waals surface area (Å²) < 4.78 is 21.6. The normalized spacial score (nSPS) is 15.5. The summed E-state index contributed by atoms with van der Waals surface area (Å²) in [7, 11) is 5.84. The van der Waals surface area contributed by atoms with Crippen LogP contribution in [0.15, 0.2) is 24.3 Å². The van der Waals surface area contributed by atoms with E-state index in [9.17, 15) is 15.2 Å². The van der Waals surface area contributed by atoms with Crippen molar-refractivity contribution in [2.45, 2.75) is 38.6 Å². The number of rotatable bonds is 11. The quantitative estimate of drug-likeness (QED) is 0.355. The van der Waals surface area contributed by atoms with Crippen LogP contribution < -0.4 is 9.47 Å². The van der Waals surface area contributed by atoms with Crippen LogP contribution >= 0.6 is 0 Å². The van der Waals surface area contributed by atoms with E-state index in [4.69, 9.17) is 18.9 Å². The minimum Gasteiger partial charge on any atom is -0.496 e. The molecule has 0 fully saturated rings. The smallest absolute Gasteiger partial charge is 0.315 e.